The average molecular weight is 405 g/mol. The Balaban J connectivity index is 1.50. The fourth-order valence-corrected chi connectivity index (χ4v) is 3.84. The zero-order chi connectivity index (χ0) is 20.2. The summed E-state index contributed by atoms with van der Waals surface area (Å²) in [5.41, 5.74) is 4.18. The summed E-state index contributed by atoms with van der Waals surface area (Å²) in [5, 5.41) is 3.53. The second-order valence-corrected chi connectivity index (χ2v) is 7.49. The van der Waals surface area contributed by atoms with E-state index in [1.807, 2.05) is 71.6 Å². The first-order valence-corrected chi connectivity index (χ1v) is 10.0. The molecule has 0 saturated heterocycles. The summed E-state index contributed by atoms with van der Waals surface area (Å²) >= 11 is 6.14. The predicted molar refractivity (Wildman–Crippen MR) is 117 cm³/mol. The molecule has 0 aliphatic carbocycles. The number of amides is 2. The van der Waals surface area contributed by atoms with Crippen LogP contribution >= 0.6 is 11.6 Å². The van der Waals surface area contributed by atoms with E-state index in [0.29, 0.717) is 17.1 Å². The van der Waals surface area contributed by atoms with Crippen molar-refractivity contribution in [3.63, 3.8) is 0 Å². The van der Waals surface area contributed by atoms with Crippen molar-refractivity contribution in [2.75, 3.05) is 16.8 Å². The van der Waals surface area contributed by atoms with Crippen LogP contribution in [0.15, 0.2) is 72.8 Å². The van der Waals surface area contributed by atoms with Crippen LogP contribution in [0.4, 0.5) is 11.4 Å². The normalized spacial score (nSPS) is 12.9. The van der Waals surface area contributed by atoms with Gasteiger partial charge in [-0.3, -0.25) is 9.59 Å². The molecule has 0 spiro atoms. The summed E-state index contributed by atoms with van der Waals surface area (Å²) in [5.74, 6) is -0.117. The maximum Gasteiger partial charge on any atom is 0.258 e. The topological polar surface area (TPSA) is 49.4 Å². The van der Waals surface area contributed by atoms with Crippen molar-refractivity contribution in [1.82, 2.24) is 0 Å². The van der Waals surface area contributed by atoms with E-state index >= 15 is 0 Å². The number of rotatable bonds is 4. The van der Waals surface area contributed by atoms with Crippen molar-refractivity contribution in [2.24, 2.45) is 0 Å². The number of benzene rings is 3. The second kappa shape index (κ2) is 8.50. The van der Waals surface area contributed by atoms with E-state index in [1.165, 1.54) is 0 Å². The molecule has 146 valence electrons. The lowest BCUT2D eigenvalue weighted by atomic mass is 10.00. The van der Waals surface area contributed by atoms with Crippen molar-refractivity contribution < 1.29 is 9.59 Å². The number of hydrogen-bond donors (Lipinski definition) is 1. The van der Waals surface area contributed by atoms with Gasteiger partial charge in [0.15, 0.2) is 0 Å². The van der Waals surface area contributed by atoms with E-state index in [2.05, 4.69) is 5.32 Å². The molecule has 4 rings (SSSR count). The van der Waals surface area contributed by atoms with Crippen molar-refractivity contribution >= 4 is 34.8 Å². The quantitative estimate of drug-likeness (QED) is 0.656. The summed E-state index contributed by atoms with van der Waals surface area (Å²) in [6.45, 7) is 0.693. The van der Waals surface area contributed by atoms with Gasteiger partial charge in [0.2, 0.25) is 5.91 Å². The lowest BCUT2D eigenvalue weighted by Crippen LogP contribution is -2.35. The molecular weight excluding hydrogens is 384 g/mol. The van der Waals surface area contributed by atoms with Gasteiger partial charge in [0.25, 0.3) is 5.91 Å². The first-order valence-electron chi connectivity index (χ1n) is 9.65. The zero-order valence-corrected chi connectivity index (χ0v) is 16.7. The lowest BCUT2D eigenvalue weighted by Gasteiger charge is -2.30. The number of nitrogens with one attached hydrogen (secondary N) is 1. The highest BCUT2D eigenvalue weighted by Gasteiger charge is 2.23. The summed E-state index contributed by atoms with van der Waals surface area (Å²) in [6, 6.07) is 22.4. The molecule has 0 atom stereocenters. The fourth-order valence-electron chi connectivity index (χ4n) is 3.64. The number of carbonyl (C=O) groups is 2. The maximum absolute atomic E-state index is 12.9. The first-order chi connectivity index (χ1) is 14.1. The van der Waals surface area contributed by atoms with Crippen LogP contribution in [-0.4, -0.2) is 18.4 Å². The van der Waals surface area contributed by atoms with Crippen LogP contribution in [0.2, 0.25) is 5.02 Å². The van der Waals surface area contributed by atoms with Crippen molar-refractivity contribution in [3.8, 4) is 0 Å². The molecule has 0 radical (unpaired) electrons. The highest BCUT2D eigenvalue weighted by atomic mass is 35.5. The van der Waals surface area contributed by atoms with Crippen LogP contribution in [0, 0.1) is 0 Å². The second-order valence-electron chi connectivity index (χ2n) is 7.09. The molecule has 1 aliphatic heterocycles. The third-order valence-electron chi connectivity index (χ3n) is 5.06. The molecule has 5 heteroatoms. The highest BCUT2D eigenvalue weighted by Crippen LogP contribution is 2.31. The molecule has 0 unspecified atom stereocenters. The highest BCUT2D eigenvalue weighted by molar-refractivity contribution is 6.31. The minimum atomic E-state index is -0.119. The summed E-state index contributed by atoms with van der Waals surface area (Å²) in [6.07, 6.45) is 1.99. The Hall–Kier alpha value is -3.11. The van der Waals surface area contributed by atoms with Crippen molar-refractivity contribution in [3.05, 3.63) is 94.5 Å². The van der Waals surface area contributed by atoms with Gasteiger partial charge >= 0.3 is 0 Å². The molecule has 0 fully saturated rings. The largest absolute Gasteiger partial charge is 0.326 e. The molecule has 1 N–H and O–H groups in total. The smallest absolute Gasteiger partial charge is 0.258 e. The van der Waals surface area contributed by atoms with E-state index in [1.54, 1.807) is 6.07 Å². The number of fused-ring (bicyclic) bond motifs is 1. The van der Waals surface area contributed by atoms with Crippen LogP contribution in [0.1, 0.15) is 27.9 Å². The first kappa shape index (κ1) is 19.2. The van der Waals surface area contributed by atoms with Crippen molar-refractivity contribution in [2.45, 2.75) is 19.3 Å². The Labute approximate surface area is 175 Å². The molecule has 0 bridgehead atoms. The zero-order valence-electron chi connectivity index (χ0n) is 15.9. The van der Waals surface area contributed by atoms with Crippen LogP contribution < -0.4 is 10.2 Å². The van der Waals surface area contributed by atoms with Gasteiger partial charge in [0.1, 0.15) is 0 Å². The Kier molecular flexibility index (Phi) is 5.63. The summed E-state index contributed by atoms with van der Waals surface area (Å²) in [4.78, 5) is 27.2. The lowest BCUT2D eigenvalue weighted by molar-refractivity contribution is -0.115. The van der Waals surface area contributed by atoms with Gasteiger partial charge in [0, 0.05) is 28.5 Å². The van der Waals surface area contributed by atoms with Crippen LogP contribution in [-0.2, 0) is 17.6 Å². The molecule has 3 aromatic rings. The van der Waals surface area contributed by atoms with Gasteiger partial charge in [-0.05, 0) is 60.4 Å². The third-order valence-corrected chi connectivity index (χ3v) is 5.43. The minimum absolute atomic E-state index is 0.00190. The Bertz CT molecular complexity index is 1050. The fraction of sp³-hybridized carbons (Fsp3) is 0.167. The van der Waals surface area contributed by atoms with Gasteiger partial charge in [-0.2, -0.15) is 0 Å². The molecule has 0 saturated carbocycles. The van der Waals surface area contributed by atoms with Crippen LogP contribution in [0.25, 0.3) is 0 Å². The van der Waals surface area contributed by atoms with Gasteiger partial charge in [-0.15, -0.1) is 0 Å². The van der Waals surface area contributed by atoms with Gasteiger partial charge in [-0.1, -0.05) is 48.0 Å². The number of carbonyl (C=O) groups excluding carboxylic acids is 2. The molecular formula is C24H21ClN2O2. The minimum Gasteiger partial charge on any atom is -0.326 e. The predicted octanol–water partition coefficient (Wildman–Crippen LogP) is 5.11. The van der Waals surface area contributed by atoms with Crippen molar-refractivity contribution in [1.29, 1.82) is 0 Å². The van der Waals surface area contributed by atoms with Gasteiger partial charge in [-0.25, -0.2) is 0 Å². The SMILES string of the molecule is O=C(Cc1ccccc1Cl)Nc1ccc2c(c1)CCCN2C(=O)c1ccccc1. The van der Waals surface area contributed by atoms with Gasteiger partial charge < -0.3 is 10.2 Å². The Morgan fingerprint density at radius 2 is 1.72 bits per heavy atom. The average Bonchev–Trinajstić information content (AvgIpc) is 2.75. The van der Waals surface area contributed by atoms with E-state index < -0.39 is 0 Å². The van der Waals surface area contributed by atoms with Crippen LogP contribution in [0.5, 0.6) is 0 Å². The molecule has 4 nitrogen and oxygen atoms in total. The van der Waals surface area contributed by atoms with E-state index in [-0.39, 0.29) is 18.2 Å². The number of aryl methyl sites for hydroxylation is 1. The Morgan fingerprint density at radius 1 is 0.966 bits per heavy atom. The number of nitrogens with zero attached hydrogens (tertiary/aromatic N) is 1. The molecule has 0 aromatic heterocycles. The van der Waals surface area contributed by atoms with E-state index in [9.17, 15) is 9.59 Å². The number of anilines is 2. The monoisotopic (exact) mass is 404 g/mol. The third kappa shape index (κ3) is 4.33. The number of hydrogen-bond acceptors (Lipinski definition) is 2. The maximum atomic E-state index is 12.9. The van der Waals surface area contributed by atoms with Gasteiger partial charge in [0.05, 0.1) is 6.42 Å². The van der Waals surface area contributed by atoms with E-state index in [0.717, 1.165) is 35.3 Å². The van der Waals surface area contributed by atoms with E-state index in [4.69, 9.17) is 11.6 Å². The molecule has 2 amide bonds. The molecule has 1 heterocycles. The molecule has 3 aromatic carbocycles. The summed E-state index contributed by atoms with van der Waals surface area (Å²) < 4.78 is 0. The number of halogens is 1. The van der Waals surface area contributed by atoms with Crippen LogP contribution in [0.3, 0.4) is 0 Å². The standard InChI is InChI=1S/C24H21ClN2O2/c25-21-11-5-4-9-18(21)16-23(28)26-20-12-13-22-19(15-20)10-6-14-27(22)24(29)17-7-2-1-3-8-17/h1-5,7-9,11-13,15H,6,10,14,16H2,(H,26,28). The molecule has 1 aliphatic rings. The summed E-state index contributed by atoms with van der Waals surface area (Å²) in [7, 11) is 0. The Morgan fingerprint density at radius 3 is 2.52 bits per heavy atom. The molecule has 29 heavy (non-hydrogen) atoms.